The third-order valence-electron chi connectivity index (χ3n) is 0.806. The van der Waals surface area contributed by atoms with E-state index < -0.39 is 18.6 Å². The molecule has 0 heterocycles. The Bertz CT molecular complexity index is 130. The third kappa shape index (κ3) is 7.15. The first-order valence-corrected chi connectivity index (χ1v) is 3.02. The van der Waals surface area contributed by atoms with Gasteiger partial charge in [0.2, 0.25) is 0 Å². The molecule has 0 unspecified atom stereocenters. The highest BCUT2D eigenvalue weighted by molar-refractivity contribution is 5.70. The second kappa shape index (κ2) is 4.20. The first-order chi connectivity index (χ1) is 4.95. The van der Waals surface area contributed by atoms with Gasteiger partial charge in [-0.1, -0.05) is 0 Å². The molecule has 0 aliphatic heterocycles. The molecule has 0 aromatic rings. The SMILES string of the molecule is CCOC(=O)C[CH]C(F)(F)F. The molecule has 0 spiro atoms. The normalized spacial score (nSPS) is 11.3. The van der Waals surface area contributed by atoms with Gasteiger partial charge in [-0.15, -0.1) is 0 Å². The van der Waals surface area contributed by atoms with E-state index in [1.54, 1.807) is 0 Å². The van der Waals surface area contributed by atoms with Crippen molar-refractivity contribution in [3.05, 3.63) is 6.42 Å². The Morgan fingerprint density at radius 2 is 2.09 bits per heavy atom. The van der Waals surface area contributed by atoms with Crippen molar-refractivity contribution in [2.75, 3.05) is 6.61 Å². The van der Waals surface area contributed by atoms with Gasteiger partial charge in [-0.05, 0) is 6.92 Å². The average Bonchev–Trinajstić information content (AvgIpc) is 1.83. The number of hydrogen-bond acceptors (Lipinski definition) is 2. The Hall–Kier alpha value is -0.740. The number of ether oxygens (including phenoxy) is 1. The highest BCUT2D eigenvalue weighted by Gasteiger charge is 2.28. The van der Waals surface area contributed by atoms with Crippen molar-refractivity contribution >= 4 is 5.97 Å². The summed E-state index contributed by atoms with van der Waals surface area (Å²) in [6.07, 6.45) is -5.14. The predicted molar refractivity (Wildman–Crippen MR) is 31.6 cm³/mol. The quantitative estimate of drug-likeness (QED) is 0.601. The van der Waals surface area contributed by atoms with Crippen LogP contribution in [0.25, 0.3) is 0 Å². The van der Waals surface area contributed by atoms with Crippen LogP contribution in [0, 0.1) is 6.42 Å². The van der Waals surface area contributed by atoms with Crippen LogP contribution in [0.3, 0.4) is 0 Å². The fraction of sp³-hybridized carbons (Fsp3) is 0.667. The minimum atomic E-state index is -4.40. The van der Waals surface area contributed by atoms with Crippen molar-refractivity contribution in [3.8, 4) is 0 Å². The fourth-order valence-corrected chi connectivity index (χ4v) is 0.419. The number of rotatable bonds is 3. The summed E-state index contributed by atoms with van der Waals surface area (Å²) in [5, 5.41) is 0. The number of hydrogen-bond donors (Lipinski definition) is 0. The van der Waals surface area contributed by atoms with Crippen LogP contribution in [0.5, 0.6) is 0 Å². The van der Waals surface area contributed by atoms with Crippen molar-refractivity contribution in [2.45, 2.75) is 19.5 Å². The molecule has 1 radical (unpaired) electrons. The number of esters is 1. The van der Waals surface area contributed by atoms with E-state index in [4.69, 9.17) is 0 Å². The molecule has 0 aromatic carbocycles. The molecule has 11 heavy (non-hydrogen) atoms. The average molecular weight is 169 g/mol. The van der Waals surface area contributed by atoms with Crippen molar-refractivity contribution in [1.29, 1.82) is 0 Å². The van der Waals surface area contributed by atoms with E-state index >= 15 is 0 Å². The third-order valence-corrected chi connectivity index (χ3v) is 0.806. The molecule has 65 valence electrons. The minimum Gasteiger partial charge on any atom is -0.466 e. The lowest BCUT2D eigenvalue weighted by atomic mass is 10.3. The van der Waals surface area contributed by atoms with E-state index in [1.807, 2.05) is 0 Å². The van der Waals surface area contributed by atoms with Crippen LogP contribution in [0.2, 0.25) is 0 Å². The molecule has 0 amide bonds. The maximum absolute atomic E-state index is 11.4. The predicted octanol–water partition coefficient (Wildman–Crippen LogP) is 1.71. The number of alkyl halides is 3. The molecule has 0 N–H and O–H groups in total. The Kier molecular flexibility index (Phi) is 3.92. The van der Waals surface area contributed by atoms with Crippen molar-refractivity contribution < 1.29 is 22.7 Å². The van der Waals surface area contributed by atoms with Crippen LogP contribution in [0.1, 0.15) is 13.3 Å². The van der Waals surface area contributed by atoms with Crippen LogP contribution >= 0.6 is 0 Å². The highest BCUT2D eigenvalue weighted by atomic mass is 19.4. The van der Waals surface area contributed by atoms with Crippen LogP contribution in [0.15, 0.2) is 0 Å². The van der Waals surface area contributed by atoms with Gasteiger partial charge in [-0.2, -0.15) is 13.2 Å². The molecule has 0 atom stereocenters. The van der Waals surface area contributed by atoms with E-state index in [9.17, 15) is 18.0 Å². The second-order valence-corrected chi connectivity index (χ2v) is 1.75. The summed E-state index contributed by atoms with van der Waals surface area (Å²) >= 11 is 0. The topological polar surface area (TPSA) is 26.3 Å². The largest absolute Gasteiger partial charge is 0.466 e. The lowest BCUT2D eigenvalue weighted by Gasteiger charge is -2.04. The molecular formula is C6H8F3O2. The van der Waals surface area contributed by atoms with Gasteiger partial charge in [0.15, 0.2) is 0 Å². The lowest BCUT2D eigenvalue weighted by molar-refractivity contribution is -0.146. The van der Waals surface area contributed by atoms with Gasteiger partial charge in [0.05, 0.1) is 19.4 Å². The summed E-state index contributed by atoms with van der Waals surface area (Å²) < 4.78 is 38.4. The van der Waals surface area contributed by atoms with Crippen LogP contribution in [-0.4, -0.2) is 18.8 Å². The number of carbonyl (C=O) groups excluding carboxylic acids is 1. The van der Waals surface area contributed by atoms with Crippen molar-refractivity contribution in [1.82, 2.24) is 0 Å². The van der Waals surface area contributed by atoms with Crippen LogP contribution in [-0.2, 0) is 9.53 Å². The zero-order valence-electron chi connectivity index (χ0n) is 5.94. The molecule has 2 nitrogen and oxygen atoms in total. The summed E-state index contributed by atoms with van der Waals surface area (Å²) in [7, 11) is 0. The molecule has 0 saturated heterocycles. The molecule has 0 bridgehead atoms. The second-order valence-electron chi connectivity index (χ2n) is 1.75. The minimum absolute atomic E-state index is 0.0367. The van der Waals surface area contributed by atoms with Gasteiger partial charge < -0.3 is 4.74 Å². The van der Waals surface area contributed by atoms with E-state index in [2.05, 4.69) is 4.74 Å². The zero-order chi connectivity index (χ0) is 8.91. The summed E-state index contributed by atoms with van der Waals surface area (Å²) in [5.74, 6) is -0.857. The molecule has 5 heteroatoms. The van der Waals surface area contributed by atoms with E-state index in [-0.39, 0.29) is 13.0 Å². The van der Waals surface area contributed by atoms with Crippen molar-refractivity contribution in [2.24, 2.45) is 0 Å². The molecule has 0 rings (SSSR count). The lowest BCUT2D eigenvalue weighted by Crippen LogP contribution is -2.13. The number of carbonyl (C=O) groups is 1. The summed E-state index contributed by atoms with van der Waals surface area (Å²) in [6, 6.07) is 0. The van der Waals surface area contributed by atoms with Gasteiger partial charge in [0, 0.05) is 0 Å². The van der Waals surface area contributed by atoms with Crippen molar-refractivity contribution in [3.63, 3.8) is 0 Å². The molecule has 0 saturated carbocycles. The molecule has 0 aliphatic rings. The van der Waals surface area contributed by atoms with Gasteiger partial charge in [0.1, 0.15) is 0 Å². The molecule has 0 aromatic heterocycles. The van der Waals surface area contributed by atoms with Crippen LogP contribution in [0.4, 0.5) is 13.2 Å². The van der Waals surface area contributed by atoms with Gasteiger partial charge in [0.25, 0.3) is 0 Å². The maximum atomic E-state index is 11.4. The van der Waals surface area contributed by atoms with Gasteiger partial charge in [-0.25, -0.2) is 0 Å². The van der Waals surface area contributed by atoms with E-state index in [1.165, 1.54) is 6.92 Å². The monoisotopic (exact) mass is 169 g/mol. The van der Waals surface area contributed by atoms with Gasteiger partial charge >= 0.3 is 12.1 Å². The number of halogens is 3. The maximum Gasteiger partial charge on any atom is 0.393 e. The first kappa shape index (κ1) is 10.3. The zero-order valence-corrected chi connectivity index (χ0v) is 5.94. The van der Waals surface area contributed by atoms with Gasteiger partial charge in [-0.3, -0.25) is 4.79 Å². The standard InChI is InChI=1S/C6H8F3O2/c1-2-11-5(10)3-4-6(7,8)9/h4H,2-3H2,1H3. The Balaban J connectivity index is 3.46. The molecule has 0 aliphatic carbocycles. The van der Waals surface area contributed by atoms with E-state index in [0.717, 1.165) is 0 Å². The summed E-state index contributed by atoms with van der Waals surface area (Å²) in [4.78, 5) is 10.3. The Labute approximate surface area is 62.3 Å². The Morgan fingerprint density at radius 1 is 1.55 bits per heavy atom. The fourth-order valence-electron chi connectivity index (χ4n) is 0.419. The van der Waals surface area contributed by atoms with Crippen LogP contribution < -0.4 is 0 Å². The molecule has 0 fully saturated rings. The highest BCUT2D eigenvalue weighted by Crippen LogP contribution is 2.20. The summed E-state index contributed by atoms with van der Waals surface area (Å²) in [6.45, 7) is 1.63. The van der Waals surface area contributed by atoms with E-state index in [0.29, 0.717) is 0 Å². The Morgan fingerprint density at radius 3 is 2.45 bits per heavy atom. The smallest absolute Gasteiger partial charge is 0.393 e. The first-order valence-electron chi connectivity index (χ1n) is 3.02. The summed E-state index contributed by atoms with van der Waals surface area (Å²) in [5.41, 5.74) is 0. The molecular weight excluding hydrogens is 161 g/mol.